The topological polar surface area (TPSA) is 49.4 Å². The van der Waals surface area contributed by atoms with Crippen LogP contribution in [-0.4, -0.2) is 26.4 Å². The van der Waals surface area contributed by atoms with Gasteiger partial charge < -0.3 is 0 Å². The molecule has 0 saturated heterocycles. The van der Waals surface area contributed by atoms with Crippen molar-refractivity contribution in [1.82, 2.24) is 9.62 Å². The van der Waals surface area contributed by atoms with Crippen molar-refractivity contribution in [2.75, 3.05) is 13.1 Å². The van der Waals surface area contributed by atoms with Crippen LogP contribution < -0.4 is 4.72 Å². The predicted molar refractivity (Wildman–Crippen MR) is 107 cm³/mol. The van der Waals surface area contributed by atoms with Crippen molar-refractivity contribution in [3.05, 3.63) is 75.3 Å². The summed E-state index contributed by atoms with van der Waals surface area (Å²) in [5.41, 5.74) is 3.90. The van der Waals surface area contributed by atoms with Crippen molar-refractivity contribution < 1.29 is 8.42 Å². The Balaban J connectivity index is 1.55. The smallest absolute Gasteiger partial charge is 0.250 e. The molecule has 0 spiro atoms. The Hall–Kier alpha value is -1.51. The molecule has 0 radical (unpaired) electrons. The summed E-state index contributed by atoms with van der Waals surface area (Å²) in [4.78, 5) is 2.38. The Bertz CT molecular complexity index is 951. The van der Waals surface area contributed by atoms with Crippen LogP contribution in [0.1, 0.15) is 22.7 Å². The maximum absolute atomic E-state index is 12.5. The fourth-order valence-corrected chi connectivity index (χ4v) is 6.16. The van der Waals surface area contributed by atoms with Gasteiger partial charge in [0.15, 0.2) is 0 Å². The number of thiophene rings is 2. The fourth-order valence-electron chi connectivity index (χ4n) is 3.38. The summed E-state index contributed by atoms with van der Waals surface area (Å²) in [7, 11) is -3.46. The molecule has 3 heterocycles. The van der Waals surface area contributed by atoms with Crippen molar-refractivity contribution in [3.8, 4) is 0 Å². The molecule has 3 aromatic rings. The molecule has 136 valence electrons. The third kappa shape index (κ3) is 3.77. The van der Waals surface area contributed by atoms with Crippen molar-refractivity contribution in [2.24, 2.45) is 0 Å². The highest BCUT2D eigenvalue weighted by Gasteiger charge is 2.27. The maximum atomic E-state index is 12.5. The average Bonchev–Trinajstić information content (AvgIpc) is 3.36. The Kier molecular flexibility index (Phi) is 5.24. The Labute approximate surface area is 162 Å². The number of hydrogen-bond donors (Lipinski definition) is 1. The summed E-state index contributed by atoms with van der Waals surface area (Å²) < 4.78 is 28.2. The molecule has 1 N–H and O–H groups in total. The molecule has 0 fully saturated rings. The van der Waals surface area contributed by atoms with E-state index in [0.29, 0.717) is 10.8 Å². The second-order valence-corrected chi connectivity index (χ2v) is 10.1. The third-order valence-corrected chi connectivity index (χ3v) is 8.28. The molecule has 1 atom stereocenters. The number of nitrogens with zero attached hydrogens (tertiary/aromatic N) is 1. The van der Waals surface area contributed by atoms with Crippen LogP contribution in [0.4, 0.5) is 0 Å². The molecule has 1 aromatic carbocycles. The molecule has 4 rings (SSSR count). The first-order valence-electron chi connectivity index (χ1n) is 8.49. The molecule has 26 heavy (non-hydrogen) atoms. The number of rotatable bonds is 6. The van der Waals surface area contributed by atoms with E-state index in [1.165, 1.54) is 28.0 Å². The summed E-state index contributed by atoms with van der Waals surface area (Å²) in [6.07, 6.45) is 0.995. The second-order valence-electron chi connectivity index (χ2n) is 6.35. The molecular formula is C19H20N2O2S3. The van der Waals surface area contributed by atoms with E-state index < -0.39 is 10.0 Å². The highest BCUT2D eigenvalue weighted by Crippen LogP contribution is 2.29. The van der Waals surface area contributed by atoms with Crippen LogP contribution in [0.2, 0.25) is 0 Å². The van der Waals surface area contributed by atoms with Crippen molar-refractivity contribution in [2.45, 2.75) is 23.2 Å². The van der Waals surface area contributed by atoms with Gasteiger partial charge in [0.25, 0.3) is 0 Å². The van der Waals surface area contributed by atoms with Crippen LogP contribution in [0.15, 0.2) is 62.8 Å². The normalized spacial score (nSPS) is 16.3. The van der Waals surface area contributed by atoms with E-state index in [1.807, 2.05) is 5.38 Å². The minimum Gasteiger partial charge on any atom is -0.290 e. The monoisotopic (exact) mass is 404 g/mol. The molecule has 7 heteroatoms. The summed E-state index contributed by atoms with van der Waals surface area (Å²) in [6.45, 7) is 2.15. The van der Waals surface area contributed by atoms with Crippen LogP contribution in [0, 0.1) is 0 Å². The summed E-state index contributed by atoms with van der Waals surface area (Å²) in [6, 6.07) is 14.0. The van der Waals surface area contributed by atoms with Gasteiger partial charge in [0, 0.05) is 25.7 Å². The van der Waals surface area contributed by atoms with E-state index in [-0.39, 0.29) is 6.04 Å². The van der Waals surface area contributed by atoms with Gasteiger partial charge in [0.1, 0.15) is 4.21 Å². The minimum absolute atomic E-state index is 0.0318. The number of hydrogen-bond acceptors (Lipinski definition) is 5. The largest absolute Gasteiger partial charge is 0.290 e. The first-order chi connectivity index (χ1) is 12.6. The lowest BCUT2D eigenvalue weighted by atomic mass is 9.97. The molecule has 0 saturated carbocycles. The number of benzene rings is 1. The zero-order valence-corrected chi connectivity index (χ0v) is 16.6. The van der Waals surface area contributed by atoms with Crippen LogP contribution in [-0.2, 0) is 23.0 Å². The lowest BCUT2D eigenvalue weighted by Crippen LogP contribution is -2.40. The first kappa shape index (κ1) is 17.9. The number of sulfonamides is 1. The Morgan fingerprint density at radius 1 is 1.08 bits per heavy atom. The summed E-state index contributed by atoms with van der Waals surface area (Å²) >= 11 is 2.89. The van der Waals surface area contributed by atoms with Gasteiger partial charge in [-0.2, -0.15) is 11.3 Å². The van der Waals surface area contributed by atoms with Gasteiger partial charge in [-0.1, -0.05) is 30.3 Å². The SMILES string of the molecule is O=S(=O)(NC[C@H](c1ccsc1)N1CCc2ccccc2C1)c1cccs1. The molecule has 0 aliphatic carbocycles. The van der Waals surface area contributed by atoms with E-state index in [4.69, 9.17) is 0 Å². The van der Waals surface area contributed by atoms with Gasteiger partial charge in [-0.3, -0.25) is 4.90 Å². The average molecular weight is 405 g/mol. The summed E-state index contributed by atoms with van der Waals surface area (Å²) in [5, 5.41) is 5.95. The van der Waals surface area contributed by atoms with Gasteiger partial charge in [0.05, 0.1) is 0 Å². The van der Waals surface area contributed by atoms with Crippen LogP contribution in [0.25, 0.3) is 0 Å². The molecule has 1 aliphatic heterocycles. The molecule has 2 aromatic heterocycles. The van der Waals surface area contributed by atoms with E-state index in [9.17, 15) is 8.42 Å². The van der Waals surface area contributed by atoms with Gasteiger partial charge in [0.2, 0.25) is 10.0 Å². The number of fused-ring (bicyclic) bond motifs is 1. The predicted octanol–water partition coefficient (Wildman–Crippen LogP) is 3.89. The number of nitrogens with one attached hydrogen (secondary N) is 1. The van der Waals surface area contributed by atoms with Crippen molar-refractivity contribution in [1.29, 1.82) is 0 Å². The third-order valence-electron chi connectivity index (χ3n) is 4.76. The Morgan fingerprint density at radius 3 is 2.65 bits per heavy atom. The maximum Gasteiger partial charge on any atom is 0.250 e. The molecule has 0 bridgehead atoms. The first-order valence-corrected chi connectivity index (χ1v) is 11.8. The lowest BCUT2D eigenvalue weighted by Gasteiger charge is -2.35. The van der Waals surface area contributed by atoms with E-state index in [0.717, 1.165) is 19.5 Å². The molecular weight excluding hydrogens is 384 g/mol. The standard InChI is InChI=1S/C19H20N2O2S3/c22-26(23,19-6-3-10-25-19)20-12-18(17-8-11-24-14-17)21-9-7-15-4-1-2-5-16(15)13-21/h1-6,8,10-11,14,18,20H,7,9,12-13H2/t18-/m1/s1. The van der Waals surface area contributed by atoms with Gasteiger partial charge in [-0.15, -0.1) is 11.3 Å². The van der Waals surface area contributed by atoms with Crippen molar-refractivity contribution >= 4 is 32.7 Å². The van der Waals surface area contributed by atoms with Crippen LogP contribution in [0.3, 0.4) is 0 Å². The van der Waals surface area contributed by atoms with Crippen LogP contribution >= 0.6 is 22.7 Å². The van der Waals surface area contributed by atoms with E-state index >= 15 is 0 Å². The summed E-state index contributed by atoms with van der Waals surface area (Å²) in [5.74, 6) is 0. The molecule has 0 unspecified atom stereocenters. The molecule has 4 nitrogen and oxygen atoms in total. The molecule has 0 amide bonds. The lowest BCUT2D eigenvalue weighted by molar-refractivity contribution is 0.181. The zero-order valence-electron chi connectivity index (χ0n) is 14.2. The van der Waals surface area contributed by atoms with Crippen LogP contribution in [0.5, 0.6) is 0 Å². The van der Waals surface area contributed by atoms with E-state index in [2.05, 4.69) is 45.3 Å². The van der Waals surface area contributed by atoms with Gasteiger partial charge >= 0.3 is 0 Å². The van der Waals surface area contributed by atoms with E-state index in [1.54, 1.807) is 28.8 Å². The van der Waals surface area contributed by atoms with Crippen molar-refractivity contribution in [3.63, 3.8) is 0 Å². The quantitative estimate of drug-likeness (QED) is 0.678. The fraction of sp³-hybridized carbons (Fsp3) is 0.263. The second kappa shape index (κ2) is 7.62. The highest BCUT2D eigenvalue weighted by atomic mass is 32.2. The highest BCUT2D eigenvalue weighted by molar-refractivity contribution is 7.91. The molecule has 1 aliphatic rings. The Morgan fingerprint density at radius 2 is 1.92 bits per heavy atom. The van der Waals surface area contributed by atoms with Gasteiger partial charge in [-0.05, 0) is 51.4 Å². The van der Waals surface area contributed by atoms with Gasteiger partial charge in [-0.25, -0.2) is 13.1 Å². The zero-order chi connectivity index (χ0) is 18.0. The minimum atomic E-state index is -3.46.